The van der Waals surface area contributed by atoms with E-state index >= 15 is 0 Å². The van der Waals surface area contributed by atoms with Crippen LogP contribution in [0.5, 0.6) is 5.75 Å². The third-order valence-corrected chi connectivity index (χ3v) is 2.87. The van der Waals surface area contributed by atoms with E-state index < -0.39 is 0 Å². The van der Waals surface area contributed by atoms with Crippen LogP contribution in [0.15, 0.2) is 24.3 Å². The Morgan fingerprint density at radius 1 is 1.47 bits per heavy atom. The summed E-state index contributed by atoms with van der Waals surface area (Å²) in [7, 11) is 0. The van der Waals surface area contributed by atoms with Crippen LogP contribution in [0, 0.1) is 5.82 Å². The van der Waals surface area contributed by atoms with Gasteiger partial charge in [0.1, 0.15) is 11.6 Å². The lowest BCUT2D eigenvalue weighted by Crippen LogP contribution is -2.48. The molecule has 0 aromatic heterocycles. The number of nitrogens with zero attached hydrogens (tertiary/aromatic N) is 1. The van der Waals surface area contributed by atoms with Gasteiger partial charge in [0.2, 0.25) is 0 Å². The van der Waals surface area contributed by atoms with Gasteiger partial charge < -0.3 is 19.5 Å². The number of ether oxygens (including phenoxy) is 2. The molecule has 1 unspecified atom stereocenters. The van der Waals surface area contributed by atoms with Crippen molar-refractivity contribution in [2.45, 2.75) is 6.10 Å². The van der Waals surface area contributed by atoms with E-state index in [1.807, 2.05) is 0 Å². The molecule has 1 N–H and O–H groups in total. The van der Waals surface area contributed by atoms with E-state index in [4.69, 9.17) is 14.6 Å². The summed E-state index contributed by atoms with van der Waals surface area (Å²) in [6.07, 6.45) is -0.330. The predicted molar refractivity (Wildman–Crippen MR) is 65.3 cm³/mol. The lowest BCUT2D eigenvalue weighted by atomic mass is 10.3. The minimum atomic E-state index is -0.349. The minimum absolute atomic E-state index is 0.107. The summed E-state index contributed by atoms with van der Waals surface area (Å²) in [5, 5.41) is 8.99. The van der Waals surface area contributed by atoms with Gasteiger partial charge in [0, 0.05) is 13.1 Å². The summed E-state index contributed by atoms with van der Waals surface area (Å²) in [6.45, 7) is 1.05. The van der Waals surface area contributed by atoms with Gasteiger partial charge in [0.05, 0.1) is 19.3 Å². The van der Waals surface area contributed by atoms with Gasteiger partial charge >= 0.3 is 0 Å². The van der Waals surface area contributed by atoms with Gasteiger partial charge in [-0.05, 0) is 24.3 Å². The van der Waals surface area contributed by atoms with Gasteiger partial charge in [-0.3, -0.25) is 4.79 Å². The molecule has 2 rings (SSSR count). The van der Waals surface area contributed by atoms with Crippen LogP contribution in [-0.4, -0.2) is 54.9 Å². The second kappa shape index (κ2) is 6.49. The summed E-state index contributed by atoms with van der Waals surface area (Å²) in [5.41, 5.74) is 0. The lowest BCUT2D eigenvalue weighted by Gasteiger charge is -2.31. The SMILES string of the molecule is O=C(COc1ccc(F)cc1)N1CCOC(CO)C1. The van der Waals surface area contributed by atoms with Crippen LogP contribution in [0.3, 0.4) is 0 Å². The zero-order valence-electron chi connectivity index (χ0n) is 10.4. The third-order valence-electron chi connectivity index (χ3n) is 2.87. The number of benzene rings is 1. The number of halogens is 1. The van der Waals surface area contributed by atoms with Crippen LogP contribution < -0.4 is 4.74 Å². The molecule has 19 heavy (non-hydrogen) atoms. The first kappa shape index (κ1) is 13.8. The highest BCUT2D eigenvalue weighted by atomic mass is 19.1. The van der Waals surface area contributed by atoms with Gasteiger partial charge in [0.15, 0.2) is 6.61 Å². The number of carbonyl (C=O) groups is 1. The molecule has 0 bridgehead atoms. The number of carbonyl (C=O) groups excluding carboxylic acids is 1. The van der Waals surface area contributed by atoms with E-state index in [-0.39, 0.29) is 31.0 Å². The fourth-order valence-electron chi connectivity index (χ4n) is 1.82. The number of morpholine rings is 1. The van der Waals surface area contributed by atoms with Gasteiger partial charge in [0.25, 0.3) is 5.91 Å². The van der Waals surface area contributed by atoms with Crippen molar-refractivity contribution >= 4 is 5.91 Å². The first-order valence-electron chi connectivity index (χ1n) is 6.07. The van der Waals surface area contributed by atoms with Crippen molar-refractivity contribution in [2.24, 2.45) is 0 Å². The maximum atomic E-state index is 12.7. The van der Waals surface area contributed by atoms with E-state index in [1.165, 1.54) is 24.3 Å². The van der Waals surface area contributed by atoms with Crippen LogP contribution in [0.2, 0.25) is 0 Å². The average Bonchev–Trinajstić information content (AvgIpc) is 2.46. The second-order valence-electron chi connectivity index (χ2n) is 4.26. The molecule has 5 nitrogen and oxygen atoms in total. The van der Waals surface area contributed by atoms with Crippen LogP contribution >= 0.6 is 0 Å². The Morgan fingerprint density at radius 2 is 2.21 bits per heavy atom. The zero-order chi connectivity index (χ0) is 13.7. The smallest absolute Gasteiger partial charge is 0.260 e. The summed E-state index contributed by atoms with van der Waals surface area (Å²) in [5.74, 6) is -0.0783. The van der Waals surface area contributed by atoms with E-state index in [0.29, 0.717) is 25.4 Å². The molecular formula is C13H16FNO4. The molecule has 0 spiro atoms. The molecule has 1 saturated heterocycles. The number of amides is 1. The monoisotopic (exact) mass is 269 g/mol. The van der Waals surface area contributed by atoms with Gasteiger partial charge in [-0.1, -0.05) is 0 Å². The van der Waals surface area contributed by atoms with Crippen molar-refractivity contribution in [3.8, 4) is 5.75 Å². The van der Waals surface area contributed by atoms with Crippen molar-refractivity contribution in [1.29, 1.82) is 0 Å². The van der Waals surface area contributed by atoms with Crippen LogP contribution in [-0.2, 0) is 9.53 Å². The standard InChI is InChI=1S/C13H16FNO4/c14-10-1-3-11(4-2-10)19-9-13(17)15-5-6-18-12(7-15)8-16/h1-4,12,16H,5-9H2. The average molecular weight is 269 g/mol. The maximum absolute atomic E-state index is 12.7. The molecule has 1 fully saturated rings. The largest absolute Gasteiger partial charge is 0.484 e. The Morgan fingerprint density at radius 3 is 2.89 bits per heavy atom. The number of hydrogen-bond donors (Lipinski definition) is 1. The Hall–Kier alpha value is -1.66. The van der Waals surface area contributed by atoms with Crippen molar-refractivity contribution in [3.63, 3.8) is 0 Å². The highest BCUT2D eigenvalue weighted by Gasteiger charge is 2.23. The van der Waals surface area contributed by atoms with Crippen LogP contribution in [0.25, 0.3) is 0 Å². The summed E-state index contributed by atoms with van der Waals surface area (Å²) in [4.78, 5) is 13.5. The summed E-state index contributed by atoms with van der Waals surface area (Å²) >= 11 is 0. The normalized spacial score (nSPS) is 19.3. The Bertz CT molecular complexity index is 423. The van der Waals surface area contributed by atoms with E-state index in [0.717, 1.165) is 0 Å². The van der Waals surface area contributed by atoms with Crippen molar-refractivity contribution in [2.75, 3.05) is 32.9 Å². The zero-order valence-corrected chi connectivity index (χ0v) is 10.4. The fourth-order valence-corrected chi connectivity index (χ4v) is 1.82. The highest BCUT2D eigenvalue weighted by Crippen LogP contribution is 2.12. The summed E-state index contributed by atoms with van der Waals surface area (Å²) in [6, 6.07) is 5.49. The molecule has 1 atom stereocenters. The quantitative estimate of drug-likeness (QED) is 0.861. The minimum Gasteiger partial charge on any atom is -0.484 e. The van der Waals surface area contributed by atoms with E-state index in [2.05, 4.69) is 0 Å². The van der Waals surface area contributed by atoms with E-state index in [9.17, 15) is 9.18 Å². The third kappa shape index (κ3) is 3.90. The molecule has 1 aliphatic heterocycles. The molecule has 104 valence electrons. The number of hydrogen-bond acceptors (Lipinski definition) is 4. The lowest BCUT2D eigenvalue weighted by molar-refractivity contribution is -0.142. The molecule has 1 aromatic rings. The van der Waals surface area contributed by atoms with Crippen LogP contribution in [0.4, 0.5) is 4.39 Å². The Balaban J connectivity index is 1.82. The molecule has 0 aliphatic carbocycles. The van der Waals surface area contributed by atoms with E-state index in [1.54, 1.807) is 4.90 Å². The molecule has 1 amide bonds. The molecule has 0 saturated carbocycles. The number of rotatable bonds is 4. The van der Waals surface area contributed by atoms with Gasteiger partial charge in [-0.2, -0.15) is 0 Å². The first-order valence-corrected chi connectivity index (χ1v) is 6.07. The van der Waals surface area contributed by atoms with Crippen molar-refractivity contribution in [1.82, 2.24) is 4.90 Å². The molecule has 1 heterocycles. The molecular weight excluding hydrogens is 253 g/mol. The Kier molecular flexibility index (Phi) is 4.70. The second-order valence-corrected chi connectivity index (χ2v) is 4.26. The fraction of sp³-hybridized carbons (Fsp3) is 0.462. The van der Waals surface area contributed by atoms with Crippen molar-refractivity contribution < 1.29 is 23.8 Å². The van der Waals surface area contributed by atoms with Gasteiger partial charge in [-0.25, -0.2) is 4.39 Å². The molecule has 1 aliphatic rings. The van der Waals surface area contributed by atoms with Gasteiger partial charge in [-0.15, -0.1) is 0 Å². The van der Waals surface area contributed by atoms with Crippen LogP contribution in [0.1, 0.15) is 0 Å². The molecule has 6 heteroatoms. The maximum Gasteiger partial charge on any atom is 0.260 e. The Labute approximate surface area is 110 Å². The molecule has 1 aromatic carbocycles. The predicted octanol–water partition coefficient (Wildman–Crippen LogP) is 0.424. The number of aliphatic hydroxyl groups is 1. The topological polar surface area (TPSA) is 59.0 Å². The first-order chi connectivity index (χ1) is 9.19. The highest BCUT2D eigenvalue weighted by molar-refractivity contribution is 5.77. The van der Waals surface area contributed by atoms with Crippen molar-refractivity contribution in [3.05, 3.63) is 30.1 Å². The molecule has 0 radical (unpaired) electrons. The summed E-state index contributed by atoms with van der Waals surface area (Å²) < 4.78 is 23.2. The number of aliphatic hydroxyl groups excluding tert-OH is 1.